The lowest BCUT2D eigenvalue weighted by Gasteiger charge is -2.35. The minimum atomic E-state index is -0.723. The summed E-state index contributed by atoms with van der Waals surface area (Å²) in [7, 11) is 0. The van der Waals surface area contributed by atoms with Crippen molar-refractivity contribution in [3.8, 4) is 5.69 Å². The molecule has 1 aliphatic rings. The van der Waals surface area contributed by atoms with Crippen LogP contribution >= 0.6 is 0 Å². The predicted molar refractivity (Wildman–Crippen MR) is 121 cm³/mol. The van der Waals surface area contributed by atoms with E-state index >= 15 is 0 Å². The van der Waals surface area contributed by atoms with Gasteiger partial charge in [-0.2, -0.15) is 5.10 Å². The summed E-state index contributed by atoms with van der Waals surface area (Å²) in [5, 5.41) is 5.61. The predicted octanol–water partition coefficient (Wildman–Crippen LogP) is 4.96. The normalized spacial score (nSPS) is 18.3. The number of ether oxygens (including phenoxy) is 2. The highest BCUT2D eigenvalue weighted by Crippen LogP contribution is 2.35. The second kappa shape index (κ2) is 9.06. The zero-order valence-electron chi connectivity index (χ0n) is 19.5. The van der Waals surface area contributed by atoms with Gasteiger partial charge in [0, 0.05) is 18.3 Å². The van der Waals surface area contributed by atoms with Crippen molar-refractivity contribution in [1.82, 2.24) is 20.2 Å². The Morgan fingerprint density at radius 1 is 1.06 bits per heavy atom. The standard InChI is InChI=1S/C24H32N4O4/c1-23(2,3)31-21(29)26-28(22(30)32-24(4,5)6)20-14-9-12-18(20)17-11-7-8-13-19(17)27-16-10-15-25-27/h7-13,15-16,18,20H,14H2,1-6H3,(H,26,29)/t18-,20+/m0/s1. The molecule has 0 bridgehead atoms. The van der Waals surface area contributed by atoms with Crippen molar-refractivity contribution >= 4 is 12.2 Å². The summed E-state index contributed by atoms with van der Waals surface area (Å²) < 4.78 is 12.8. The summed E-state index contributed by atoms with van der Waals surface area (Å²) in [6.45, 7) is 10.7. The summed E-state index contributed by atoms with van der Waals surface area (Å²) in [6.07, 6.45) is 6.83. The number of benzene rings is 1. The van der Waals surface area contributed by atoms with Gasteiger partial charge in [0.25, 0.3) is 0 Å². The number of rotatable bonds is 3. The van der Waals surface area contributed by atoms with Crippen LogP contribution in [0.5, 0.6) is 0 Å². The Kier molecular flexibility index (Phi) is 6.62. The van der Waals surface area contributed by atoms with E-state index in [-0.39, 0.29) is 5.92 Å². The van der Waals surface area contributed by atoms with Crippen LogP contribution in [0.15, 0.2) is 54.9 Å². The Morgan fingerprint density at radius 2 is 1.75 bits per heavy atom. The lowest BCUT2D eigenvalue weighted by molar-refractivity contribution is -0.00999. The van der Waals surface area contributed by atoms with E-state index in [1.54, 1.807) is 52.4 Å². The van der Waals surface area contributed by atoms with Crippen LogP contribution in [-0.4, -0.2) is 44.2 Å². The van der Waals surface area contributed by atoms with E-state index in [1.807, 2.05) is 48.7 Å². The molecule has 8 nitrogen and oxygen atoms in total. The van der Waals surface area contributed by atoms with Gasteiger partial charge in [-0.25, -0.2) is 24.7 Å². The van der Waals surface area contributed by atoms with Crippen molar-refractivity contribution in [2.45, 2.75) is 71.1 Å². The number of hydrogen-bond acceptors (Lipinski definition) is 5. The molecule has 0 fully saturated rings. The maximum absolute atomic E-state index is 13.1. The molecule has 1 N–H and O–H groups in total. The maximum atomic E-state index is 13.1. The van der Waals surface area contributed by atoms with Gasteiger partial charge < -0.3 is 9.47 Å². The Morgan fingerprint density at radius 3 is 2.38 bits per heavy atom. The molecule has 1 aromatic heterocycles. The molecule has 2 amide bonds. The SMILES string of the molecule is CC(C)(C)OC(=O)NN(C(=O)OC(C)(C)C)[C@@H]1CC=C[C@H]1c1ccccc1-n1cccn1. The Hall–Kier alpha value is -3.29. The number of hydrogen-bond donors (Lipinski definition) is 1. The molecule has 0 spiro atoms. The molecule has 3 rings (SSSR count). The third kappa shape index (κ3) is 5.90. The topological polar surface area (TPSA) is 85.7 Å². The van der Waals surface area contributed by atoms with Crippen molar-refractivity contribution < 1.29 is 19.1 Å². The second-order valence-corrected chi connectivity index (χ2v) is 9.73. The Bertz CT molecular complexity index is 971. The molecule has 172 valence electrons. The average Bonchev–Trinajstić information content (AvgIpc) is 3.35. The largest absolute Gasteiger partial charge is 0.443 e. The number of para-hydroxylation sites is 1. The maximum Gasteiger partial charge on any atom is 0.429 e. The summed E-state index contributed by atoms with van der Waals surface area (Å²) in [6, 6.07) is 9.34. The number of carbonyl (C=O) groups is 2. The van der Waals surface area contributed by atoms with Crippen molar-refractivity contribution in [1.29, 1.82) is 0 Å². The van der Waals surface area contributed by atoms with Crippen LogP contribution in [0, 0.1) is 0 Å². The van der Waals surface area contributed by atoms with Crippen molar-refractivity contribution in [2.24, 2.45) is 0 Å². The molecular formula is C24H32N4O4. The molecule has 0 unspecified atom stereocenters. The number of carbonyl (C=O) groups excluding carboxylic acids is 2. The van der Waals surface area contributed by atoms with Gasteiger partial charge in [-0.1, -0.05) is 30.4 Å². The minimum Gasteiger partial charge on any atom is -0.443 e. The molecule has 0 radical (unpaired) electrons. The zero-order chi connectivity index (χ0) is 23.5. The van der Waals surface area contributed by atoms with E-state index in [0.29, 0.717) is 6.42 Å². The lowest BCUT2D eigenvalue weighted by Crippen LogP contribution is -2.55. The Labute approximate surface area is 189 Å². The highest BCUT2D eigenvalue weighted by molar-refractivity contribution is 5.75. The minimum absolute atomic E-state index is 0.183. The van der Waals surface area contributed by atoms with Crippen LogP contribution in [0.4, 0.5) is 9.59 Å². The first-order valence-electron chi connectivity index (χ1n) is 10.7. The van der Waals surface area contributed by atoms with Crippen LogP contribution < -0.4 is 5.43 Å². The summed E-state index contributed by atoms with van der Waals surface area (Å²) in [4.78, 5) is 25.7. The van der Waals surface area contributed by atoms with Gasteiger partial charge in [-0.15, -0.1) is 0 Å². The molecular weight excluding hydrogens is 408 g/mol. The fourth-order valence-electron chi connectivity index (χ4n) is 3.58. The van der Waals surface area contributed by atoms with Crippen LogP contribution in [0.25, 0.3) is 5.69 Å². The molecule has 2 aromatic rings. The number of hydrazine groups is 1. The monoisotopic (exact) mass is 440 g/mol. The quantitative estimate of drug-likeness (QED) is 0.538. The van der Waals surface area contributed by atoms with Gasteiger partial charge in [-0.3, -0.25) is 0 Å². The second-order valence-electron chi connectivity index (χ2n) is 9.73. The van der Waals surface area contributed by atoms with Gasteiger partial charge in [-0.05, 0) is 65.7 Å². The van der Waals surface area contributed by atoms with E-state index in [2.05, 4.69) is 10.5 Å². The lowest BCUT2D eigenvalue weighted by atomic mass is 9.92. The number of nitrogens with zero attached hydrogens (tertiary/aromatic N) is 3. The molecule has 32 heavy (non-hydrogen) atoms. The molecule has 0 saturated carbocycles. The van der Waals surface area contributed by atoms with Gasteiger partial charge >= 0.3 is 12.2 Å². The average molecular weight is 441 g/mol. The zero-order valence-corrected chi connectivity index (χ0v) is 19.5. The fraction of sp³-hybridized carbons (Fsp3) is 0.458. The highest BCUT2D eigenvalue weighted by atomic mass is 16.6. The molecule has 0 aliphatic heterocycles. The van der Waals surface area contributed by atoms with E-state index in [4.69, 9.17) is 9.47 Å². The van der Waals surface area contributed by atoms with Gasteiger partial charge in [0.1, 0.15) is 11.2 Å². The highest BCUT2D eigenvalue weighted by Gasteiger charge is 2.38. The Balaban J connectivity index is 1.94. The van der Waals surface area contributed by atoms with Crippen molar-refractivity contribution in [2.75, 3.05) is 0 Å². The third-order valence-corrected chi connectivity index (χ3v) is 4.72. The molecule has 1 aromatic carbocycles. The van der Waals surface area contributed by atoms with E-state index in [1.165, 1.54) is 5.01 Å². The first-order valence-corrected chi connectivity index (χ1v) is 10.7. The number of nitrogens with one attached hydrogen (secondary N) is 1. The third-order valence-electron chi connectivity index (χ3n) is 4.72. The van der Waals surface area contributed by atoms with E-state index in [0.717, 1.165) is 11.3 Å². The molecule has 0 saturated heterocycles. The fourth-order valence-corrected chi connectivity index (χ4v) is 3.58. The smallest absolute Gasteiger partial charge is 0.429 e. The molecule has 8 heteroatoms. The van der Waals surface area contributed by atoms with Crippen molar-refractivity contribution in [3.05, 3.63) is 60.4 Å². The van der Waals surface area contributed by atoms with Crippen LogP contribution in [0.2, 0.25) is 0 Å². The van der Waals surface area contributed by atoms with Gasteiger partial charge in [0.05, 0.1) is 11.7 Å². The molecule has 1 aliphatic carbocycles. The number of aromatic nitrogens is 2. The molecule has 1 heterocycles. The van der Waals surface area contributed by atoms with Crippen LogP contribution in [0.3, 0.4) is 0 Å². The number of amides is 2. The first kappa shape index (κ1) is 23.4. The van der Waals surface area contributed by atoms with E-state index in [9.17, 15) is 9.59 Å². The molecule has 2 atom stereocenters. The van der Waals surface area contributed by atoms with Gasteiger partial charge in [0.15, 0.2) is 0 Å². The summed E-state index contributed by atoms with van der Waals surface area (Å²) in [5.41, 5.74) is 3.08. The summed E-state index contributed by atoms with van der Waals surface area (Å²) in [5.74, 6) is -0.183. The first-order chi connectivity index (χ1) is 14.9. The van der Waals surface area contributed by atoms with Crippen LogP contribution in [0.1, 0.15) is 59.4 Å². The van der Waals surface area contributed by atoms with Crippen LogP contribution in [-0.2, 0) is 9.47 Å². The van der Waals surface area contributed by atoms with Crippen molar-refractivity contribution in [3.63, 3.8) is 0 Å². The summed E-state index contributed by atoms with van der Waals surface area (Å²) >= 11 is 0. The van der Waals surface area contributed by atoms with E-state index < -0.39 is 29.4 Å². The van der Waals surface area contributed by atoms with Gasteiger partial charge in [0.2, 0.25) is 0 Å².